The van der Waals surface area contributed by atoms with Gasteiger partial charge < -0.3 is 10.0 Å². The van der Waals surface area contributed by atoms with Crippen molar-refractivity contribution in [1.29, 1.82) is 0 Å². The van der Waals surface area contributed by atoms with Crippen LogP contribution in [0.15, 0.2) is 18.2 Å². The molecule has 0 heterocycles. The Labute approximate surface area is 129 Å². The van der Waals surface area contributed by atoms with Crippen LogP contribution in [0.25, 0.3) is 0 Å². The van der Waals surface area contributed by atoms with Crippen molar-refractivity contribution in [3.8, 4) is 0 Å². The summed E-state index contributed by atoms with van der Waals surface area (Å²) in [6.45, 7) is 2.31. The van der Waals surface area contributed by atoms with E-state index in [4.69, 9.17) is 23.2 Å². The Bertz CT molecular complexity index is 484. The third kappa shape index (κ3) is 3.87. The van der Waals surface area contributed by atoms with Crippen molar-refractivity contribution in [3.63, 3.8) is 0 Å². The highest BCUT2D eigenvalue weighted by Crippen LogP contribution is 2.49. The Morgan fingerprint density at radius 2 is 2.00 bits per heavy atom. The number of carbonyl (C=O) groups excluding carboxylic acids is 1. The molecule has 1 aromatic carbocycles. The van der Waals surface area contributed by atoms with Crippen LogP contribution in [0.2, 0.25) is 10.0 Å². The van der Waals surface area contributed by atoms with Crippen LogP contribution in [-0.2, 0) is 4.79 Å². The summed E-state index contributed by atoms with van der Waals surface area (Å²) < 4.78 is 0. The van der Waals surface area contributed by atoms with Gasteiger partial charge in [0.15, 0.2) is 0 Å². The van der Waals surface area contributed by atoms with Crippen molar-refractivity contribution in [2.75, 3.05) is 13.6 Å². The van der Waals surface area contributed by atoms with E-state index in [-0.39, 0.29) is 23.8 Å². The Balaban J connectivity index is 1.95. The van der Waals surface area contributed by atoms with Crippen molar-refractivity contribution in [3.05, 3.63) is 33.8 Å². The number of hydrogen-bond acceptors (Lipinski definition) is 2. The molecule has 5 heteroatoms. The molecule has 1 aliphatic rings. The molecular formula is C15H19Cl2NO2. The van der Waals surface area contributed by atoms with Gasteiger partial charge in [-0.1, -0.05) is 23.2 Å². The molecule has 0 aromatic heterocycles. The smallest absolute Gasteiger partial charge is 0.226 e. The standard InChI is InChI=1S/C15H19Cl2NO2/c1-9(19)3-4-18(2)15(20)14-8-13(14)10-5-11(16)7-12(17)6-10/h5-7,9,13-14,19H,3-4,8H2,1-2H3. The lowest BCUT2D eigenvalue weighted by atomic mass is 10.1. The lowest BCUT2D eigenvalue weighted by Gasteiger charge is -2.18. The second kappa shape index (κ2) is 6.33. The van der Waals surface area contributed by atoms with Gasteiger partial charge in [0.25, 0.3) is 0 Å². The van der Waals surface area contributed by atoms with Crippen molar-refractivity contribution in [2.24, 2.45) is 5.92 Å². The highest BCUT2D eigenvalue weighted by Gasteiger charge is 2.45. The molecule has 1 fully saturated rings. The largest absolute Gasteiger partial charge is 0.393 e. The molecule has 3 atom stereocenters. The van der Waals surface area contributed by atoms with Gasteiger partial charge in [0, 0.05) is 29.6 Å². The van der Waals surface area contributed by atoms with Gasteiger partial charge in [0.05, 0.1) is 6.10 Å². The second-order valence-corrected chi connectivity index (χ2v) is 6.42. The number of benzene rings is 1. The summed E-state index contributed by atoms with van der Waals surface area (Å²) in [6, 6.07) is 5.45. The van der Waals surface area contributed by atoms with Gasteiger partial charge >= 0.3 is 0 Å². The van der Waals surface area contributed by atoms with E-state index >= 15 is 0 Å². The van der Waals surface area contributed by atoms with Gasteiger partial charge in [-0.2, -0.15) is 0 Å². The molecule has 3 nitrogen and oxygen atoms in total. The van der Waals surface area contributed by atoms with Crippen molar-refractivity contribution < 1.29 is 9.90 Å². The van der Waals surface area contributed by atoms with Crippen LogP contribution in [0.1, 0.15) is 31.2 Å². The predicted octanol–water partition coefficient (Wildman–Crippen LogP) is 3.33. The molecule has 1 saturated carbocycles. The number of aliphatic hydroxyl groups is 1. The monoisotopic (exact) mass is 315 g/mol. The first kappa shape index (κ1) is 15.6. The number of nitrogens with zero attached hydrogens (tertiary/aromatic N) is 1. The summed E-state index contributed by atoms with van der Waals surface area (Å²) in [7, 11) is 1.78. The maximum Gasteiger partial charge on any atom is 0.226 e. The van der Waals surface area contributed by atoms with E-state index in [1.54, 1.807) is 24.9 Å². The topological polar surface area (TPSA) is 40.5 Å². The van der Waals surface area contributed by atoms with Gasteiger partial charge in [-0.25, -0.2) is 0 Å². The van der Waals surface area contributed by atoms with Crippen molar-refractivity contribution >= 4 is 29.1 Å². The van der Waals surface area contributed by atoms with E-state index in [9.17, 15) is 9.90 Å². The molecule has 0 aliphatic heterocycles. The summed E-state index contributed by atoms with van der Waals surface area (Å²) in [4.78, 5) is 13.9. The lowest BCUT2D eigenvalue weighted by molar-refractivity contribution is -0.131. The molecule has 1 aliphatic carbocycles. The zero-order valence-corrected chi connectivity index (χ0v) is 13.2. The van der Waals surface area contributed by atoms with Gasteiger partial charge in [0.1, 0.15) is 0 Å². The van der Waals surface area contributed by atoms with Gasteiger partial charge in [0.2, 0.25) is 5.91 Å². The van der Waals surface area contributed by atoms with Crippen molar-refractivity contribution in [2.45, 2.75) is 31.8 Å². The number of aliphatic hydroxyl groups excluding tert-OH is 1. The van der Waals surface area contributed by atoms with Gasteiger partial charge in [-0.3, -0.25) is 4.79 Å². The molecular weight excluding hydrogens is 297 g/mol. The fourth-order valence-corrected chi connectivity index (χ4v) is 2.94. The minimum atomic E-state index is -0.382. The summed E-state index contributed by atoms with van der Waals surface area (Å²) in [6.07, 6.45) is 1.06. The van der Waals surface area contributed by atoms with E-state index in [0.717, 1.165) is 12.0 Å². The molecule has 1 aromatic rings. The molecule has 1 amide bonds. The minimum absolute atomic E-state index is 0.0172. The van der Waals surface area contributed by atoms with E-state index in [1.165, 1.54) is 0 Å². The van der Waals surface area contributed by atoms with Crippen molar-refractivity contribution in [1.82, 2.24) is 4.90 Å². The highest BCUT2D eigenvalue weighted by molar-refractivity contribution is 6.34. The second-order valence-electron chi connectivity index (χ2n) is 5.55. The summed E-state index contributed by atoms with van der Waals surface area (Å²) in [5, 5.41) is 10.5. The average molecular weight is 316 g/mol. The van der Waals surface area contributed by atoms with Crippen LogP contribution >= 0.6 is 23.2 Å². The van der Waals surface area contributed by atoms with Gasteiger partial charge in [-0.15, -0.1) is 0 Å². The average Bonchev–Trinajstić information content (AvgIpc) is 3.14. The first-order valence-electron chi connectivity index (χ1n) is 6.77. The first-order chi connectivity index (χ1) is 9.38. The van der Waals surface area contributed by atoms with Crippen LogP contribution in [0, 0.1) is 5.92 Å². The summed E-state index contributed by atoms with van der Waals surface area (Å²) in [5.74, 6) is 0.364. The quantitative estimate of drug-likeness (QED) is 0.905. The molecule has 0 radical (unpaired) electrons. The molecule has 0 saturated heterocycles. The van der Waals surface area contributed by atoms with E-state index < -0.39 is 0 Å². The molecule has 3 unspecified atom stereocenters. The fourth-order valence-electron chi connectivity index (χ4n) is 2.40. The zero-order chi connectivity index (χ0) is 14.9. The molecule has 20 heavy (non-hydrogen) atoms. The van der Waals surface area contributed by atoms with E-state index in [1.807, 2.05) is 12.1 Å². The first-order valence-corrected chi connectivity index (χ1v) is 7.53. The SMILES string of the molecule is CC(O)CCN(C)C(=O)C1CC1c1cc(Cl)cc(Cl)c1. The highest BCUT2D eigenvalue weighted by atomic mass is 35.5. The Kier molecular flexibility index (Phi) is 4.95. The molecule has 1 N–H and O–H groups in total. The lowest BCUT2D eigenvalue weighted by Crippen LogP contribution is -2.31. The minimum Gasteiger partial charge on any atom is -0.393 e. The van der Waals surface area contributed by atoms with Crippen LogP contribution in [0.5, 0.6) is 0 Å². The predicted molar refractivity (Wildman–Crippen MR) is 81.2 cm³/mol. The van der Waals surface area contributed by atoms with Crippen LogP contribution in [-0.4, -0.2) is 35.6 Å². The Hall–Kier alpha value is -0.770. The number of amides is 1. The van der Waals surface area contributed by atoms with Crippen LogP contribution in [0.3, 0.4) is 0 Å². The summed E-state index contributed by atoms with van der Waals surface area (Å²) >= 11 is 12.0. The Morgan fingerprint density at radius 3 is 2.55 bits per heavy atom. The fraction of sp³-hybridized carbons (Fsp3) is 0.533. The Morgan fingerprint density at radius 1 is 1.40 bits per heavy atom. The maximum atomic E-state index is 12.2. The molecule has 0 bridgehead atoms. The third-order valence-electron chi connectivity index (χ3n) is 3.68. The third-order valence-corrected chi connectivity index (χ3v) is 4.12. The van der Waals surface area contributed by atoms with Crippen LogP contribution < -0.4 is 0 Å². The normalized spacial score (nSPS) is 22.4. The van der Waals surface area contributed by atoms with Gasteiger partial charge in [-0.05, 0) is 49.4 Å². The molecule has 2 rings (SSSR count). The molecule has 0 spiro atoms. The van der Waals surface area contributed by atoms with Crippen LogP contribution in [0.4, 0.5) is 0 Å². The number of rotatable bonds is 5. The van der Waals surface area contributed by atoms with E-state index in [0.29, 0.717) is 23.0 Å². The van der Waals surface area contributed by atoms with E-state index in [2.05, 4.69) is 0 Å². The molecule has 110 valence electrons. The maximum absolute atomic E-state index is 12.2. The number of carbonyl (C=O) groups is 1. The summed E-state index contributed by atoms with van der Waals surface area (Å²) in [5.41, 5.74) is 1.03. The number of halogens is 2. The number of hydrogen-bond donors (Lipinski definition) is 1. The zero-order valence-electron chi connectivity index (χ0n) is 11.6.